The van der Waals surface area contributed by atoms with Crippen LogP contribution in [0.2, 0.25) is 0 Å². The molecule has 0 saturated carbocycles. The van der Waals surface area contributed by atoms with Crippen LogP contribution in [0.5, 0.6) is 0 Å². The van der Waals surface area contributed by atoms with E-state index < -0.39 is 5.92 Å². The number of carbonyl (C=O) groups is 2. The standard InChI is InChI=1S/C19H20BrNO3/c1-3-24-19(23)16-11(2)21-14-8-5-9-15(22)18(14)17(16)12-6-4-7-13(20)10-12/h4,6-7,10,16-17H,3,5,8-9H2,1-2H3/t16?,17-/m0/s1. The number of esters is 1. The van der Waals surface area contributed by atoms with Crippen LogP contribution >= 0.6 is 15.9 Å². The third kappa shape index (κ3) is 3.09. The number of aliphatic imine (C=N–C) groups is 1. The van der Waals surface area contributed by atoms with Crippen LogP contribution in [0.15, 0.2) is 45.0 Å². The summed E-state index contributed by atoms with van der Waals surface area (Å²) in [5, 5.41) is 0. The highest BCUT2D eigenvalue weighted by molar-refractivity contribution is 9.10. The molecule has 1 aliphatic carbocycles. The molecule has 1 aromatic rings. The van der Waals surface area contributed by atoms with Crippen LogP contribution < -0.4 is 0 Å². The zero-order valence-electron chi connectivity index (χ0n) is 13.8. The van der Waals surface area contributed by atoms with Gasteiger partial charge in [-0.25, -0.2) is 0 Å². The number of carbonyl (C=O) groups excluding carboxylic acids is 2. The Hall–Kier alpha value is -1.75. The van der Waals surface area contributed by atoms with E-state index in [1.807, 2.05) is 31.2 Å². The van der Waals surface area contributed by atoms with Gasteiger partial charge in [-0.2, -0.15) is 0 Å². The van der Waals surface area contributed by atoms with Crippen molar-refractivity contribution in [3.05, 3.63) is 45.6 Å². The summed E-state index contributed by atoms with van der Waals surface area (Å²) >= 11 is 3.49. The number of Topliss-reactive ketones (excluding diaryl/α,β-unsaturated/α-hetero) is 1. The molecule has 0 radical (unpaired) electrons. The minimum absolute atomic E-state index is 0.103. The molecule has 0 fully saturated rings. The molecule has 0 N–H and O–H groups in total. The van der Waals surface area contributed by atoms with Crippen molar-refractivity contribution in [2.45, 2.75) is 39.0 Å². The van der Waals surface area contributed by atoms with Gasteiger partial charge in [-0.3, -0.25) is 14.6 Å². The topological polar surface area (TPSA) is 55.7 Å². The molecule has 0 aromatic heterocycles. The summed E-state index contributed by atoms with van der Waals surface area (Å²) < 4.78 is 6.21. The monoisotopic (exact) mass is 389 g/mol. The predicted octanol–water partition coefficient (Wildman–Crippen LogP) is 4.19. The molecule has 1 heterocycles. The molecule has 1 aromatic carbocycles. The number of hydrogen-bond donors (Lipinski definition) is 0. The van der Waals surface area contributed by atoms with Crippen molar-refractivity contribution in [1.29, 1.82) is 0 Å². The molecule has 2 aliphatic rings. The van der Waals surface area contributed by atoms with Crippen molar-refractivity contribution in [3.8, 4) is 0 Å². The van der Waals surface area contributed by atoms with Crippen molar-refractivity contribution in [1.82, 2.24) is 0 Å². The van der Waals surface area contributed by atoms with Gasteiger partial charge in [-0.05, 0) is 44.4 Å². The maximum atomic E-state index is 12.6. The maximum absolute atomic E-state index is 12.6. The van der Waals surface area contributed by atoms with Crippen molar-refractivity contribution in [2.75, 3.05) is 6.61 Å². The van der Waals surface area contributed by atoms with E-state index in [9.17, 15) is 9.59 Å². The zero-order chi connectivity index (χ0) is 17.3. The summed E-state index contributed by atoms with van der Waals surface area (Å²) in [5.41, 5.74) is 3.21. The molecule has 24 heavy (non-hydrogen) atoms. The van der Waals surface area contributed by atoms with E-state index in [4.69, 9.17) is 4.74 Å². The van der Waals surface area contributed by atoms with Gasteiger partial charge in [0, 0.05) is 33.8 Å². The van der Waals surface area contributed by atoms with Crippen molar-refractivity contribution < 1.29 is 14.3 Å². The van der Waals surface area contributed by atoms with Crippen LogP contribution in [0.1, 0.15) is 44.6 Å². The highest BCUT2D eigenvalue weighted by atomic mass is 79.9. The number of ether oxygens (including phenoxy) is 1. The molecule has 126 valence electrons. The minimum Gasteiger partial charge on any atom is -0.465 e. The molecule has 2 atom stereocenters. The van der Waals surface area contributed by atoms with Crippen molar-refractivity contribution in [3.63, 3.8) is 0 Å². The predicted molar refractivity (Wildman–Crippen MR) is 96.0 cm³/mol. The van der Waals surface area contributed by atoms with E-state index in [2.05, 4.69) is 20.9 Å². The highest BCUT2D eigenvalue weighted by Crippen LogP contribution is 2.43. The Morgan fingerprint density at radius 3 is 2.88 bits per heavy atom. The van der Waals surface area contributed by atoms with Crippen LogP contribution in [0.3, 0.4) is 0 Å². The van der Waals surface area contributed by atoms with Crippen molar-refractivity contribution in [2.24, 2.45) is 10.9 Å². The first kappa shape index (κ1) is 17.1. The SMILES string of the molecule is CCOC(=O)C1C(C)=NC2=C(C(=O)CCC2)[C@H]1c1cccc(Br)c1. The number of halogens is 1. The quantitative estimate of drug-likeness (QED) is 0.728. The molecule has 0 spiro atoms. The Balaban J connectivity index is 2.15. The summed E-state index contributed by atoms with van der Waals surface area (Å²) in [5.74, 6) is -1.07. The molecule has 3 rings (SSSR count). The molecular weight excluding hydrogens is 370 g/mol. The molecule has 5 heteroatoms. The van der Waals surface area contributed by atoms with Gasteiger partial charge in [0.15, 0.2) is 5.78 Å². The lowest BCUT2D eigenvalue weighted by atomic mass is 9.72. The molecule has 4 nitrogen and oxygen atoms in total. The Morgan fingerprint density at radius 2 is 2.17 bits per heavy atom. The average Bonchev–Trinajstić information content (AvgIpc) is 2.54. The van der Waals surface area contributed by atoms with Gasteiger partial charge in [-0.15, -0.1) is 0 Å². The van der Waals surface area contributed by atoms with Crippen LogP contribution in [0, 0.1) is 5.92 Å². The summed E-state index contributed by atoms with van der Waals surface area (Å²) in [6, 6.07) is 7.80. The largest absolute Gasteiger partial charge is 0.465 e. The first-order valence-corrected chi connectivity index (χ1v) is 9.05. The first-order valence-electron chi connectivity index (χ1n) is 8.26. The lowest BCUT2D eigenvalue weighted by Gasteiger charge is -2.34. The molecule has 0 amide bonds. The van der Waals surface area contributed by atoms with Crippen molar-refractivity contribution >= 4 is 33.4 Å². The smallest absolute Gasteiger partial charge is 0.315 e. The minimum atomic E-state index is -0.542. The fraction of sp³-hybridized carbons (Fsp3) is 0.421. The number of nitrogens with zero attached hydrogens (tertiary/aromatic N) is 1. The fourth-order valence-electron chi connectivity index (χ4n) is 3.60. The molecule has 0 saturated heterocycles. The Kier molecular flexibility index (Phi) is 4.99. The van der Waals surface area contributed by atoms with E-state index in [1.165, 1.54) is 0 Å². The number of benzene rings is 1. The van der Waals surface area contributed by atoms with E-state index in [0.29, 0.717) is 18.6 Å². The van der Waals surface area contributed by atoms with Gasteiger partial charge < -0.3 is 4.74 Å². The number of allylic oxidation sites excluding steroid dienone is 2. The lowest BCUT2D eigenvalue weighted by Crippen LogP contribution is -2.37. The van der Waals surface area contributed by atoms with Gasteiger partial charge >= 0.3 is 5.97 Å². The second-order valence-corrected chi connectivity index (χ2v) is 7.07. The Bertz CT molecular complexity index is 751. The van der Waals surface area contributed by atoms with E-state index in [0.717, 1.165) is 34.3 Å². The van der Waals surface area contributed by atoms with Gasteiger partial charge in [0.2, 0.25) is 0 Å². The maximum Gasteiger partial charge on any atom is 0.315 e. The second kappa shape index (κ2) is 7.01. The lowest BCUT2D eigenvalue weighted by molar-refractivity contribution is -0.146. The van der Waals surface area contributed by atoms with Crippen LogP contribution in [0.4, 0.5) is 0 Å². The highest BCUT2D eigenvalue weighted by Gasteiger charge is 2.43. The first-order chi connectivity index (χ1) is 11.5. The van der Waals surface area contributed by atoms with E-state index >= 15 is 0 Å². The van der Waals surface area contributed by atoms with Gasteiger partial charge in [0.25, 0.3) is 0 Å². The Morgan fingerprint density at radius 1 is 1.38 bits per heavy atom. The third-order valence-corrected chi connectivity index (χ3v) is 5.08. The van der Waals surface area contributed by atoms with Crippen LogP contribution in [-0.4, -0.2) is 24.1 Å². The molecule has 1 unspecified atom stereocenters. The normalized spacial score (nSPS) is 23.6. The summed E-state index contributed by atoms with van der Waals surface area (Å²) in [6.45, 7) is 3.96. The summed E-state index contributed by atoms with van der Waals surface area (Å²) in [6.07, 6.45) is 2.13. The second-order valence-electron chi connectivity index (χ2n) is 6.15. The van der Waals surface area contributed by atoms with Crippen LogP contribution in [0.25, 0.3) is 0 Å². The number of ketones is 1. The molecular formula is C19H20BrNO3. The van der Waals surface area contributed by atoms with E-state index in [1.54, 1.807) is 6.92 Å². The summed E-state index contributed by atoms with van der Waals surface area (Å²) in [7, 11) is 0. The van der Waals surface area contributed by atoms with Crippen LogP contribution in [-0.2, 0) is 14.3 Å². The van der Waals surface area contributed by atoms with Gasteiger partial charge in [0.1, 0.15) is 5.92 Å². The molecule has 1 aliphatic heterocycles. The Labute approximate surface area is 150 Å². The number of rotatable bonds is 3. The zero-order valence-corrected chi connectivity index (χ0v) is 15.4. The molecule has 0 bridgehead atoms. The average molecular weight is 390 g/mol. The third-order valence-electron chi connectivity index (χ3n) is 4.58. The number of hydrogen-bond acceptors (Lipinski definition) is 4. The summed E-state index contributed by atoms with van der Waals surface area (Å²) in [4.78, 5) is 29.8. The van der Waals surface area contributed by atoms with E-state index in [-0.39, 0.29) is 17.7 Å². The van der Waals surface area contributed by atoms with Gasteiger partial charge in [0.05, 0.1) is 6.61 Å². The fourth-order valence-corrected chi connectivity index (χ4v) is 4.02. The van der Waals surface area contributed by atoms with Gasteiger partial charge in [-0.1, -0.05) is 28.1 Å².